The Balaban J connectivity index is 2.07. The van der Waals surface area contributed by atoms with Crippen molar-refractivity contribution < 1.29 is 4.74 Å². The van der Waals surface area contributed by atoms with Crippen molar-refractivity contribution in [1.29, 1.82) is 0 Å². The van der Waals surface area contributed by atoms with Gasteiger partial charge in [-0.2, -0.15) is 0 Å². The van der Waals surface area contributed by atoms with Gasteiger partial charge in [-0.05, 0) is 17.9 Å². The van der Waals surface area contributed by atoms with Crippen LogP contribution in [0, 0.1) is 11.8 Å². The largest absolute Gasteiger partial charge is 0.380 e. The van der Waals surface area contributed by atoms with Crippen LogP contribution in [0.5, 0.6) is 0 Å². The van der Waals surface area contributed by atoms with E-state index in [9.17, 15) is 0 Å². The van der Waals surface area contributed by atoms with Crippen molar-refractivity contribution in [3.63, 3.8) is 0 Å². The van der Waals surface area contributed by atoms with Gasteiger partial charge in [0.25, 0.3) is 0 Å². The Kier molecular flexibility index (Phi) is 1.38. The monoisotopic (exact) mass is 136 g/mol. The number of allylic oxidation sites excluding steroid dienone is 3. The second kappa shape index (κ2) is 2.24. The van der Waals surface area contributed by atoms with Crippen LogP contribution in [0.3, 0.4) is 0 Å². The van der Waals surface area contributed by atoms with Crippen LogP contribution < -0.4 is 0 Å². The molecule has 2 aliphatic carbocycles. The number of fused-ring (bicyclic) bond motifs is 2. The molecule has 0 spiro atoms. The predicted molar refractivity (Wildman–Crippen MR) is 40.7 cm³/mol. The highest BCUT2D eigenvalue weighted by Gasteiger charge is 2.27. The summed E-state index contributed by atoms with van der Waals surface area (Å²) in [5.41, 5.74) is 1.48. The van der Waals surface area contributed by atoms with E-state index in [2.05, 4.69) is 18.2 Å². The van der Waals surface area contributed by atoms with E-state index in [-0.39, 0.29) is 0 Å². The Labute approximate surface area is 61.4 Å². The third kappa shape index (κ3) is 0.816. The highest BCUT2D eigenvalue weighted by molar-refractivity contribution is 5.30. The molecule has 0 fully saturated rings. The maximum absolute atomic E-state index is 5.08. The van der Waals surface area contributed by atoms with Crippen LogP contribution in [-0.2, 0) is 4.74 Å². The number of hydrogen-bond donors (Lipinski definition) is 0. The van der Waals surface area contributed by atoms with Crippen LogP contribution in [0.15, 0.2) is 23.8 Å². The van der Waals surface area contributed by atoms with Gasteiger partial charge < -0.3 is 4.74 Å². The molecule has 0 aromatic carbocycles. The molecule has 0 radical (unpaired) electrons. The first-order valence-electron chi connectivity index (χ1n) is 3.78. The standard InChI is InChI=1S/C9H12O/c1-10-6-9-5-7-2-3-8(9)4-7/h2-3,5,7-8H,4,6H2,1H3/t7-,8+/m1/s1. The highest BCUT2D eigenvalue weighted by Crippen LogP contribution is 2.37. The lowest BCUT2D eigenvalue weighted by atomic mass is 10.0. The first-order chi connectivity index (χ1) is 4.90. The summed E-state index contributed by atoms with van der Waals surface area (Å²) in [5.74, 6) is 1.44. The first-order valence-corrected chi connectivity index (χ1v) is 3.78. The molecule has 0 amide bonds. The van der Waals surface area contributed by atoms with Crippen LogP contribution in [0.25, 0.3) is 0 Å². The SMILES string of the molecule is COCC1=C[C@@H]2C=C[C@H]1C2. The lowest BCUT2D eigenvalue weighted by Gasteiger charge is -2.07. The second-order valence-electron chi connectivity index (χ2n) is 3.07. The van der Waals surface area contributed by atoms with E-state index in [0.717, 1.165) is 12.5 Å². The zero-order valence-electron chi connectivity index (χ0n) is 6.21. The first kappa shape index (κ1) is 6.17. The molecule has 0 aliphatic heterocycles. The average Bonchev–Trinajstić information content (AvgIpc) is 2.48. The number of ether oxygens (including phenoxy) is 1. The molecule has 2 bridgehead atoms. The molecule has 54 valence electrons. The third-order valence-electron chi connectivity index (χ3n) is 2.33. The van der Waals surface area contributed by atoms with Crippen LogP contribution in [0.2, 0.25) is 0 Å². The van der Waals surface area contributed by atoms with Crippen molar-refractivity contribution >= 4 is 0 Å². The third-order valence-corrected chi connectivity index (χ3v) is 2.33. The molecule has 1 heteroatoms. The number of methoxy groups -OCH3 is 1. The summed E-state index contributed by atoms with van der Waals surface area (Å²) >= 11 is 0. The summed E-state index contributed by atoms with van der Waals surface area (Å²) in [6.45, 7) is 0.825. The summed E-state index contributed by atoms with van der Waals surface area (Å²) in [4.78, 5) is 0. The molecule has 0 unspecified atom stereocenters. The minimum atomic E-state index is 0.713. The van der Waals surface area contributed by atoms with Crippen LogP contribution in [0.4, 0.5) is 0 Å². The zero-order valence-corrected chi connectivity index (χ0v) is 6.21. The molecule has 1 nitrogen and oxygen atoms in total. The molecule has 0 saturated heterocycles. The number of rotatable bonds is 2. The van der Waals surface area contributed by atoms with Crippen molar-refractivity contribution in [2.24, 2.45) is 11.8 Å². The Morgan fingerprint density at radius 1 is 1.60 bits per heavy atom. The van der Waals surface area contributed by atoms with Crippen LogP contribution >= 0.6 is 0 Å². The molecule has 2 aliphatic rings. The molecule has 2 atom stereocenters. The Morgan fingerprint density at radius 2 is 2.50 bits per heavy atom. The molecule has 0 aromatic heterocycles. The van der Waals surface area contributed by atoms with Gasteiger partial charge in [0.2, 0.25) is 0 Å². The van der Waals surface area contributed by atoms with E-state index in [0.29, 0.717) is 5.92 Å². The van der Waals surface area contributed by atoms with E-state index >= 15 is 0 Å². The van der Waals surface area contributed by atoms with E-state index in [1.165, 1.54) is 12.0 Å². The van der Waals surface area contributed by atoms with Gasteiger partial charge in [0, 0.05) is 13.0 Å². The summed E-state index contributed by atoms with van der Waals surface area (Å²) in [6, 6.07) is 0. The van der Waals surface area contributed by atoms with Crippen LogP contribution in [-0.4, -0.2) is 13.7 Å². The molecule has 2 rings (SSSR count). The molecule has 0 N–H and O–H groups in total. The summed E-state index contributed by atoms with van der Waals surface area (Å²) in [7, 11) is 1.76. The van der Waals surface area contributed by atoms with Crippen molar-refractivity contribution in [3.05, 3.63) is 23.8 Å². The van der Waals surface area contributed by atoms with Crippen LogP contribution in [0.1, 0.15) is 6.42 Å². The van der Waals surface area contributed by atoms with E-state index < -0.39 is 0 Å². The van der Waals surface area contributed by atoms with Gasteiger partial charge in [0.15, 0.2) is 0 Å². The molecule has 0 aromatic rings. The summed E-state index contributed by atoms with van der Waals surface area (Å²) < 4.78 is 5.08. The minimum absolute atomic E-state index is 0.713. The van der Waals surface area contributed by atoms with Gasteiger partial charge in [0.05, 0.1) is 6.61 Å². The van der Waals surface area contributed by atoms with Gasteiger partial charge in [0.1, 0.15) is 0 Å². The highest BCUT2D eigenvalue weighted by atomic mass is 16.5. The van der Waals surface area contributed by atoms with Crippen molar-refractivity contribution in [2.45, 2.75) is 6.42 Å². The van der Waals surface area contributed by atoms with E-state index in [1.807, 2.05) is 0 Å². The quantitative estimate of drug-likeness (QED) is 0.526. The van der Waals surface area contributed by atoms with Crippen molar-refractivity contribution in [1.82, 2.24) is 0 Å². The van der Waals surface area contributed by atoms with E-state index in [1.54, 1.807) is 7.11 Å². The Morgan fingerprint density at radius 3 is 3.00 bits per heavy atom. The second-order valence-corrected chi connectivity index (χ2v) is 3.07. The van der Waals surface area contributed by atoms with E-state index in [4.69, 9.17) is 4.74 Å². The maximum atomic E-state index is 5.08. The normalized spacial score (nSPS) is 35.1. The Bertz CT molecular complexity index is 191. The van der Waals surface area contributed by atoms with Crippen molar-refractivity contribution in [2.75, 3.05) is 13.7 Å². The fraction of sp³-hybridized carbons (Fsp3) is 0.556. The lowest BCUT2D eigenvalue weighted by Crippen LogP contribution is -2.00. The molecular weight excluding hydrogens is 124 g/mol. The predicted octanol–water partition coefficient (Wildman–Crippen LogP) is 1.77. The fourth-order valence-corrected chi connectivity index (χ4v) is 1.85. The molecule has 0 saturated carbocycles. The van der Waals surface area contributed by atoms with Gasteiger partial charge >= 0.3 is 0 Å². The van der Waals surface area contributed by atoms with Gasteiger partial charge in [-0.3, -0.25) is 0 Å². The number of hydrogen-bond acceptors (Lipinski definition) is 1. The lowest BCUT2D eigenvalue weighted by molar-refractivity contribution is 0.220. The smallest absolute Gasteiger partial charge is 0.0678 e. The minimum Gasteiger partial charge on any atom is -0.380 e. The Hall–Kier alpha value is -0.560. The summed E-state index contributed by atoms with van der Waals surface area (Å²) in [6.07, 6.45) is 8.25. The molecule has 10 heavy (non-hydrogen) atoms. The van der Waals surface area contributed by atoms with Gasteiger partial charge in [-0.25, -0.2) is 0 Å². The summed E-state index contributed by atoms with van der Waals surface area (Å²) in [5, 5.41) is 0. The van der Waals surface area contributed by atoms with Gasteiger partial charge in [-0.1, -0.05) is 18.2 Å². The van der Waals surface area contributed by atoms with Gasteiger partial charge in [-0.15, -0.1) is 0 Å². The zero-order chi connectivity index (χ0) is 6.97. The average molecular weight is 136 g/mol. The maximum Gasteiger partial charge on any atom is 0.0678 e. The fourth-order valence-electron chi connectivity index (χ4n) is 1.85. The molecule has 0 heterocycles. The van der Waals surface area contributed by atoms with Crippen molar-refractivity contribution in [3.8, 4) is 0 Å². The topological polar surface area (TPSA) is 9.23 Å². The molecular formula is C9H12O.